The Balaban J connectivity index is 2.33. The van der Waals surface area contributed by atoms with Crippen LogP contribution in [0.5, 0.6) is 0 Å². The lowest BCUT2D eigenvalue weighted by Gasteiger charge is -2.20. The van der Waals surface area contributed by atoms with Gasteiger partial charge in [0.05, 0.1) is 0 Å². The van der Waals surface area contributed by atoms with Crippen LogP contribution in [-0.2, 0) is 13.1 Å². The fourth-order valence-corrected chi connectivity index (χ4v) is 2.78. The van der Waals surface area contributed by atoms with E-state index in [2.05, 4.69) is 69.6 Å². The lowest BCUT2D eigenvalue weighted by molar-refractivity contribution is 0.424. The van der Waals surface area contributed by atoms with Crippen LogP contribution in [0.25, 0.3) is 10.9 Å². The smallest absolute Gasteiger partial charge is 0.0485 e. The van der Waals surface area contributed by atoms with Crippen molar-refractivity contribution in [1.29, 1.82) is 0 Å². The molecule has 2 rings (SSSR count). The van der Waals surface area contributed by atoms with Gasteiger partial charge < -0.3 is 9.88 Å². The largest absolute Gasteiger partial charge is 0.345 e. The zero-order valence-corrected chi connectivity index (χ0v) is 14.5. The first kappa shape index (κ1) is 16.1. The maximum atomic E-state index is 3.57. The predicted molar refractivity (Wildman–Crippen MR) is 92.9 cm³/mol. The van der Waals surface area contributed by atoms with Crippen LogP contribution in [0.15, 0.2) is 18.2 Å². The van der Waals surface area contributed by atoms with Crippen LogP contribution in [-0.4, -0.2) is 10.1 Å². The molecule has 0 bridgehead atoms. The van der Waals surface area contributed by atoms with Crippen LogP contribution in [0.3, 0.4) is 0 Å². The molecule has 2 heteroatoms. The van der Waals surface area contributed by atoms with Gasteiger partial charge in [-0.3, -0.25) is 0 Å². The van der Waals surface area contributed by atoms with Gasteiger partial charge in [0.1, 0.15) is 0 Å². The summed E-state index contributed by atoms with van der Waals surface area (Å²) in [5.41, 5.74) is 5.76. The summed E-state index contributed by atoms with van der Waals surface area (Å²) in [7, 11) is 0. The summed E-state index contributed by atoms with van der Waals surface area (Å²) in [6.07, 6.45) is 2.49. The molecule has 1 N–H and O–H groups in total. The molecular formula is C19H30N2. The van der Waals surface area contributed by atoms with Crippen molar-refractivity contribution < 1.29 is 0 Å². The van der Waals surface area contributed by atoms with Crippen LogP contribution in [0.4, 0.5) is 0 Å². The second-order valence-corrected chi connectivity index (χ2v) is 7.17. The summed E-state index contributed by atoms with van der Waals surface area (Å²) in [5, 5.41) is 4.98. The van der Waals surface area contributed by atoms with Crippen molar-refractivity contribution in [2.75, 3.05) is 0 Å². The molecule has 2 nitrogen and oxygen atoms in total. The van der Waals surface area contributed by atoms with E-state index in [1.54, 1.807) is 0 Å². The highest BCUT2D eigenvalue weighted by molar-refractivity contribution is 5.86. The van der Waals surface area contributed by atoms with E-state index in [0.29, 0.717) is 0 Å². The van der Waals surface area contributed by atoms with Crippen molar-refractivity contribution in [2.24, 2.45) is 0 Å². The standard InChI is InChI=1S/C19H30N2/c1-7-8-11-21-15(3)14(2)17-12-16(9-10-18(17)21)13-20-19(4,5)6/h9-10,12,20H,7-8,11,13H2,1-6H3. The van der Waals surface area contributed by atoms with Crippen molar-refractivity contribution >= 4 is 10.9 Å². The molecule has 0 aliphatic rings. The summed E-state index contributed by atoms with van der Waals surface area (Å²) < 4.78 is 2.48. The Labute approximate surface area is 129 Å². The molecule has 0 aliphatic heterocycles. The highest BCUT2D eigenvalue weighted by Gasteiger charge is 2.12. The molecular weight excluding hydrogens is 256 g/mol. The summed E-state index contributed by atoms with van der Waals surface area (Å²) in [6, 6.07) is 6.92. The molecule has 1 aromatic carbocycles. The molecule has 0 unspecified atom stereocenters. The van der Waals surface area contributed by atoms with E-state index < -0.39 is 0 Å². The van der Waals surface area contributed by atoms with Crippen molar-refractivity contribution in [2.45, 2.75) is 73.0 Å². The average molecular weight is 286 g/mol. The van der Waals surface area contributed by atoms with Gasteiger partial charge >= 0.3 is 0 Å². The van der Waals surface area contributed by atoms with Gasteiger partial charge in [0.15, 0.2) is 0 Å². The first-order valence-corrected chi connectivity index (χ1v) is 8.17. The van der Waals surface area contributed by atoms with Crippen LogP contribution < -0.4 is 5.32 Å². The molecule has 116 valence electrons. The van der Waals surface area contributed by atoms with Gasteiger partial charge in [0.2, 0.25) is 0 Å². The molecule has 0 spiro atoms. The molecule has 0 amide bonds. The fourth-order valence-electron chi connectivity index (χ4n) is 2.78. The van der Waals surface area contributed by atoms with Crippen LogP contribution in [0, 0.1) is 13.8 Å². The first-order chi connectivity index (χ1) is 9.83. The Morgan fingerprint density at radius 2 is 1.86 bits per heavy atom. The van der Waals surface area contributed by atoms with E-state index in [0.717, 1.165) is 13.1 Å². The third-order valence-corrected chi connectivity index (χ3v) is 4.26. The first-order valence-electron chi connectivity index (χ1n) is 8.17. The molecule has 1 heterocycles. The number of unbranched alkanes of at least 4 members (excludes halogenated alkanes) is 1. The molecule has 1 aromatic heterocycles. The number of benzene rings is 1. The summed E-state index contributed by atoms with van der Waals surface area (Å²) in [4.78, 5) is 0. The third kappa shape index (κ3) is 3.68. The monoisotopic (exact) mass is 286 g/mol. The normalized spacial score (nSPS) is 12.3. The predicted octanol–water partition coefficient (Wildman–Crippen LogP) is 4.95. The number of fused-ring (bicyclic) bond motifs is 1. The number of hydrogen-bond donors (Lipinski definition) is 1. The van der Waals surface area contributed by atoms with Gasteiger partial charge in [-0.1, -0.05) is 19.4 Å². The molecule has 0 atom stereocenters. The highest BCUT2D eigenvalue weighted by Crippen LogP contribution is 2.27. The molecule has 21 heavy (non-hydrogen) atoms. The summed E-state index contributed by atoms with van der Waals surface area (Å²) >= 11 is 0. The Morgan fingerprint density at radius 1 is 1.14 bits per heavy atom. The minimum atomic E-state index is 0.160. The maximum Gasteiger partial charge on any atom is 0.0485 e. The van der Waals surface area contributed by atoms with Gasteiger partial charge in [-0.25, -0.2) is 0 Å². The van der Waals surface area contributed by atoms with Crippen molar-refractivity contribution in [3.05, 3.63) is 35.0 Å². The Hall–Kier alpha value is -1.28. The molecule has 0 fully saturated rings. The number of nitrogens with zero attached hydrogens (tertiary/aromatic N) is 1. The number of hydrogen-bond acceptors (Lipinski definition) is 1. The van der Waals surface area contributed by atoms with Gasteiger partial charge in [0.25, 0.3) is 0 Å². The zero-order valence-electron chi connectivity index (χ0n) is 14.5. The number of rotatable bonds is 5. The Bertz CT molecular complexity index is 615. The zero-order chi connectivity index (χ0) is 15.6. The van der Waals surface area contributed by atoms with Gasteiger partial charge in [-0.2, -0.15) is 0 Å². The molecule has 0 radical (unpaired) electrons. The van der Waals surface area contributed by atoms with E-state index in [1.807, 2.05) is 0 Å². The van der Waals surface area contributed by atoms with Crippen LogP contribution >= 0.6 is 0 Å². The van der Waals surface area contributed by atoms with E-state index in [-0.39, 0.29) is 5.54 Å². The molecule has 2 aromatic rings. The van der Waals surface area contributed by atoms with Crippen LogP contribution in [0.2, 0.25) is 0 Å². The Kier molecular flexibility index (Phi) is 4.77. The van der Waals surface area contributed by atoms with Crippen molar-refractivity contribution in [3.63, 3.8) is 0 Å². The number of aryl methyl sites for hydroxylation is 2. The number of aromatic nitrogens is 1. The van der Waals surface area contributed by atoms with E-state index in [1.165, 1.54) is 40.6 Å². The van der Waals surface area contributed by atoms with E-state index in [4.69, 9.17) is 0 Å². The highest BCUT2D eigenvalue weighted by atomic mass is 15.0. The van der Waals surface area contributed by atoms with Crippen LogP contribution in [0.1, 0.15) is 57.4 Å². The van der Waals surface area contributed by atoms with Gasteiger partial charge in [-0.05, 0) is 64.3 Å². The average Bonchev–Trinajstić information content (AvgIpc) is 2.66. The van der Waals surface area contributed by atoms with E-state index in [9.17, 15) is 0 Å². The molecule has 0 saturated carbocycles. The van der Waals surface area contributed by atoms with Crippen molar-refractivity contribution in [1.82, 2.24) is 9.88 Å². The lowest BCUT2D eigenvalue weighted by Crippen LogP contribution is -2.35. The molecule has 0 saturated heterocycles. The topological polar surface area (TPSA) is 17.0 Å². The third-order valence-electron chi connectivity index (χ3n) is 4.26. The summed E-state index contributed by atoms with van der Waals surface area (Å²) in [6.45, 7) is 15.4. The minimum Gasteiger partial charge on any atom is -0.345 e. The SMILES string of the molecule is CCCCn1c(C)c(C)c2cc(CNC(C)(C)C)ccc21. The summed E-state index contributed by atoms with van der Waals surface area (Å²) in [5.74, 6) is 0. The van der Waals surface area contributed by atoms with Crippen molar-refractivity contribution in [3.8, 4) is 0 Å². The second kappa shape index (κ2) is 6.23. The Morgan fingerprint density at radius 3 is 2.48 bits per heavy atom. The van der Waals surface area contributed by atoms with Gasteiger partial charge in [-0.15, -0.1) is 0 Å². The maximum absolute atomic E-state index is 3.57. The lowest BCUT2D eigenvalue weighted by atomic mass is 10.1. The fraction of sp³-hybridized carbons (Fsp3) is 0.579. The van der Waals surface area contributed by atoms with E-state index >= 15 is 0 Å². The second-order valence-electron chi connectivity index (χ2n) is 7.17. The minimum absolute atomic E-state index is 0.160. The molecule has 0 aliphatic carbocycles. The number of nitrogens with one attached hydrogen (secondary N) is 1. The van der Waals surface area contributed by atoms with Gasteiger partial charge in [0, 0.05) is 35.2 Å². The quantitative estimate of drug-likeness (QED) is 0.823.